The Hall–Kier alpha value is -0.0800. The van der Waals surface area contributed by atoms with E-state index in [1.54, 1.807) is 0 Å². The summed E-state index contributed by atoms with van der Waals surface area (Å²) in [7, 11) is 0. The highest BCUT2D eigenvalue weighted by molar-refractivity contribution is 4.87. The molecule has 2 nitrogen and oxygen atoms in total. The molecule has 10 heavy (non-hydrogen) atoms. The number of rotatable bonds is 0. The van der Waals surface area contributed by atoms with Crippen molar-refractivity contribution in [3.05, 3.63) is 0 Å². The molecule has 58 valence electrons. The Kier molecular flexibility index (Phi) is 1.66. The minimum atomic E-state index is 0.865. The van der Waals surface area contributed by atoms with Crippen LogP contribution in [-0.2, 0) is 0 Å². The fourth-order valence-electron chi connectivity index (χ4n) is 2.22. The van der Waals surface area contributed by atoms with Crippen LogP contribution in [0.15, 0.2) is 0 Å². The number of nitrogens with zero attached hydrogens (tertiary/aromatic N) is 1. The summed E-state index contributed by atoms with van der Waals surface area (Å²) in [4.78, 5) is 2.63. The standard InChI is InChI=1S/C8H16N2/c1-7-4-8-5-9-2-3-10(8)6-7/h7-9H,2-6H2,1H3/t7-,8+/m1/s1. The van der Waals surface area contributed by atoms with Crippen molar-refractivity contribution in [2.75, 3.05) is 26.2 Å². The van der Waals surface area contributed by atoms with E-state index in [1.807, 2.05) is 0 Å². The molecular weight excluding hydrogens is 124 g/mol. The quantitative estimate of drug-likeness (QED) is 0.520. The second kappa shape index (κ2) is 2.51. The van der Waals surface area contributed by atoms with Crippen LogP contribution in [0.1, 0.15) is 13.3 Å². The fraction of sp³-hybridized carbons (Fsp3) is 1.00. The van der Waals surface area contributed by atoms with Gasteiger partial charge in [-0.05, 0) is 12.3 Å². The Morgan fingerprint density at radius 1 is 1.50 bits per heavy atom. The maximum atomic E-state index is 3.44. The Labute approximate surface area is 62.6 Å². The van der Waals surface area contributed by atoms with Crippen LogP contribution in [0.2, 0.25) is 0 Å². The number of hydrogen-bond donors (Lipinski definition) is 1. The van der Waals surface area contributed by atoms with Gasteiger partial charge in [0.05, 0.1) is 0 Å². The Bertz CT molecular complexity index is 110. The molecule has 2 aliphatic rings. The average Bonchev–Trinajstić information content (AvgIpc) is 2.27. The topological polar surface area (TPSA) is 15.3 Å². The van der Waals surface area contributed by atoms with Crippen molar-refractivity contribution in [1.29, 1.82) is 0 Å². The summed E-state index contributed by atoms with van der Waals surface area (Å²) in [5.74, 6) is 0.935. The summed E-state index contributed by atoms with van der Waals surface area (Å²) in [6, 6.07) is 0.865. The van der Waals surface area contributed by atoms with Gasteiger partial charge in [-0.15, -0.1) is 0 Å². The minimum absolute atomic E-state index is 0.865. The largest absolute Gasteiger partial charge is 0.314 e. The third-order valence-corrected chi connectivity index (χ3v) is 2.69. The molecule has 0 saturated carbocycles. The van der Waals surface area contributed by atoms with Crippen molar-refractivity contribution in [3.8, 4) is 0 Å². The van der Waals surface area contributed by atoms with Gasteiger partial charge in [0.1, 0.15) is 0 Å². The van der Waals surface area contributed by atoms with Crippen molar-refractivity contribution in [1.82, 2.24) is 10.2 Å². The first kappa shape index (κ1) is 6.62. The lowest BCUT2D eigenvalue weighted by Gasteiger charge is -2.29. The highest BCUT2D eigenvalue weighted by atomic mass is 15.2. The summed E-state index contributed by atoms with van der Waals surface area (Å²) < 4.78 is 0. The molecule has 2 heterocycles. The molecule has 2 heteroatoms. The predicted octanol–water partition coefficient (Wildman–Crippen LogP) is 0.300. The van der Waals surface area contributed by atoms with E-state index >= 15 is 0 Å². The first-order valence-electron chi connectivity index (χ1n) is 4.31. The van der Waals surface area contributed by atoms with Crippen LogP contribution >= 0.6 is 0 Å². The molecule has 0 radical (unpaired) electrons. The molecule has 2 aliphatic heterocycles. The van der Waals surface area contributed by atoms with E-state index in [1.165, 1.54) is 32.6 Å². The van der Waals surface area contributed by atoms with Crippen molar-refractivity contribution in [3.63, 3.8) is 0 Å². The van der Waals surface area contributed by atoms with E-state index in [-0.39, 0.29) is 0 Å². The number of hydrogen-bond acceptors (Lipinski definition) is 2. The third-order valence-electron chi connectivity index (χ3n) is 2.69. The van der Waals surface area contributed by atoms with Gasteiger partial charge in [0.2, 0.25) is 0 Å². The molecule has 0 aromatic heterocycles. The summed E-state index contributed by atoms with van der Waals surface area (Å²) in [6.45, 7) is 7.40. The second-order valence-electron chi connectivity index (χ2n) is 3.69. The molecular formula is C8H16N2. The van der Waals surface area contributed by atoms with Gasteiger partial charge in [0, 0.05) is 32.2 Å². The molecule has 0 spiro atoms. The van der Waals surface area contributed by atoms with Gasteiger partial charge in [-0.3, -0.25) is 4.90 Å². The van der Waals surface area contributed by atoms with E-state index in [9.17, 15) is 0 Å². The molecule has 0 aromatic rings. The Morgan fingerprint density at radius 2 is 2.40 bits per heavy atom. The van der Waals surface area contributed by atoms with E-state index in [2.05, 4.69) is 17.1 Å². The molecule has 2 rings (SSSR count). The van der Waals surface area contributed by atoms with E-state index in [0.717, 1.165) is 12.0 Å². The van der Waals surface area contributed by atoms with Gasteiger partial charge < -0.3 is 5.32 Å². The zero-order valence-electron chi connectivity index (χ0n) is 6.64. The molecule has 2 atom stereocenters. The van der Waals surface area contributed by atoms with Crippen molar-refractivity contribution in [2.24, 2.45) is 5.92 Å². The summed E-state index contributed by atoms with van der Waals surface area (Å²) in [5.41, 5.74) is 0. The molecule has 0 amide bonds. The van der Waals surface area contributed by atoms with Gasteiger partial charge in [0.15, 0.2) is 0 Å². The summed E-state index contributed by atoms with van der Waals surface area (Å²) >= 11 is 0. The number of nitrogens with one attached hydrogen (secondary N) is 1. The van der Waals surface area contributed by atoms with E-state index < -0.39 is 0 Å². The first-order valence-corrected chi connectivity index (χ1v) is 4.31. The minimum Gasteiger partial charge on any atom is -0.314 e. The highest BCUT2D eigenvalue weighted by Crippen LogP contribution is 2.22. The van der Waals surface area contributed by atoms with Gasteiger partial charge in [-0.1, -0.05) is 6.92 Å². The van der Waals surface area contributed by atoms with Crippen LogP contribution in [0.4, 0.5) is 0 Å². The van der Waals surface area contributed by atoms with Crippen LogP contribution in [0.3, 0.4) is 0 Å². The Balaban J connectivity index is 1.97. The lowest BCUT2D eigenvalue weighted by molar-refractivity contribution is 0.211. The second-order valence-corrected chi connectivity index (χ2v) is 3.69. The van der Waals surface area contributed by atoms with E-state index in [0.29, 0.717) is 0 Å². The summed E-state index contributed by atoms with van der Waals surface area (Å²) in [5, 5.41) is 3.44. The molecule has 0 bridgehead atoms. The zero-order valence-corrected chi connectivity index (χ0v) is 6.64. The Morgan fingerprint density at radius 3 is 3.20 bits per heavy atom. The third kappa shape index (κ3) is 1.06. The summed E-state index contributed by atoms with van der Waals surface area (Å²) in [6.07, 6.45) is 1.41. The predicted molar refractivity (Wildman–Crippen MR) is 42.0 cm³/mol. The number of fused-ring (bicyclic) bond motifs is 1. The van der Waals surface area contributed by atoms with Gasteiger partial charge in [0.25, 0.3) is 0 Å². The molecule has 0 aromatic carbocycles. The van der Waals surface area contributed by atoms with Crippen LogP contribution in [0.5, 0.6) is 0 Å². The van der Waals surface area contributed by atoms with E-state index in [4.69, 9.17) is 0 Å². The number of piperazine rings is 1. The molecule has 0 aliphatic carbocycles. The van der Waals surface area contributed by atoms with Crippen molar-refractivity contribution in [2.45, 2.75) is 19.4 Å². The van der Waals surface area contributed by atoms with Crippen LogP contribution in [-0.4, -0.2) is 37.1 Å². The van der Waals surface area contributed by atoms with Gasteiger partial charge >= 0.3 is 0 Å². The molecule has 0 unspecified atom stereocenters. The highest BCUT2D eigenvalue weighted by Gasteiger charge is 2.30. The van der Waals surface area contributed by atoms with Gasteiger partial charge in [-0.25, -0.2) is 0 Å². The van der Waals surface area contributed by atoms with Crippen LogP contribution < -0.4 is 5.32 Å². The maximum absolute atomic E-state index is 3.44. The molecule has 2 saturated heterocycles. The fourth-order valence-corrected chi connectivity index (χ4v) is 2.22. The van der Waals surface area contributed by atoms with Crippen molar-refractivity contribution < 1.29 is 0 Å². The van der Waals surface area contributed by atoms with Gasteiger partial charge in [-0.2, -0.15) is 0 Å². The maximum Gasteiger partial charge on any atom is 0.0224 e. The van der Waals surface area contributed by atoms with Crippen molar-refractivity contribution >= 4 is 0 Å². The smallest absolute Gasteiger partial charge is 0.0224 e. The first-order chi connectivity index (χ1) is 4.86. The molecule has 2 fully saturated rings. The lowest BCUT2D eigenvalue weighted by Crippen LogP contribution is -2.47. The monoisotopic (exact) mass is 140 g/mol. The average molecular weight is 140 g/mol. The SMILES string of the molecule is C[C@@H]1C[C@H]2CNCCN2C1. The van der Waals surface area contributed by atoms with Crippen LogP contribution in [0, 0.1) is 5.92 Å². The lowest BCUT2D eigenvalue weighted by atomic mass is 10.1. The van der Waals surface area contributed by atoms with Crippen LogP contribution in [0.25, 0.3) is 0 Å². The zero-order chi connectivity index (χ0) is 6.97. The normalized spacial score (nSPS) is 41.7. The molecule has 1 N–H and O–H groups in total.